The van der Waals surface area contributed by atoms with Gasteiger partial charge in [0.15, 0.2) is 22.5 Å². The van der Waals surface area contributed by atoms with E-state index in [1.807, 2.05) is 18.2 Å². The predicted molar refractivity (Wildman–Crippen MR) is 124 cm³/mol. The molecule has 2 aromatic rings. The number of benzene rings is 1. The van der Waals surface area contributed by atoms with Crippen LogP contribution in [0.5, 0.6) is 0 Å². The number of nitrogen functional groups attached to an aromatic ring is 2. The number of nitrogens with zero attached hydrogens (tertiary/aromatic N) is 3. The Morgan fingerprint density at radius 2 is 1.71 bits per heavy atom. The van der Waals surface area contributed by atoms with Crippen LogP contribution < -0.4 is 16.8 Å². The number of Topliss-reactive ketones (excluding diaryl/α,β-unsaturated/α-hetero) is 1. The number of aryl methyl sites for hydroxylation is 1. The topological polar surface area (TPSA) is 124 Å². The number of quaternary nitrogens is 1. The monoisotopic (exact) mass is 447 g/mol. The minimum absolute atomic E-state index is 0.00735. The summed E-state index contributed by atoms with van der Waals surface area (Å²) < 4.78 is 0.724. The van der Waals surface area contributed by atoms with Crippen LogP contribution in [-0.2, 0) is 11.2 Å². The number of rotatable bonds is 12. The number of likely N-dealkylation sites (N-methyl/N-ethyl adjacent to an activating group) is 1. The number of carbonyl (C=O) groups excluding carboxylic acids is 2. The second kappa shape index (κ2) is 11.6. The molecule has 8 nitrogen and oxygen atoms in total. The van der Waals surface area contributed by atoms with E-state index in [0.29, 0.717) is 25.2 Å². The van der Waals surface area contributed by atoms with E-state index in [9.17, 15) is 9.59 Å². The van der Waals surface area contributed by atoms with E-state index in [2.05, 4.69) is 41.5 Å². The molecule has 0 aliphatic heterocycles. The lowest BCUT2D eigenvalue weighted by molar-refractivity contribution is -0.889. The van der Waals surface area contributed by atoms with E-state index in [1.54, 1.807) is 0 Å². The molecule has 9 heteroatoms. The Morgan fingerprint density at radius 3 is 2.42 bits per heavy atom. The maximum absolute atomic E-state index is 12.3. The summed E-state index contributed by atoms with van der Waals surface area (Å²) in [7, 11) is 4.19. The molecule has 0 bridgehead atoms. The van der Waals surface area contributed by atoms with E-state index in [-0.39, 0.29) is 22.5 Å². The first kappa shape index (κ1) is 24.6. The molecule has 1 aromatic carbocycles. The zero-order valence-electron chi connectivity index (χ0n) is 18.2. The van der Waals surface area contributed by atoms with E-state index < -0.39 is 5.91 Å². The number of amides is 1. The van der Waals surface area contributed by atoms with Crippen LogP contribution in [0, 0.1) is 0 Å². The fraction of sp³-hybridized carbons (Fsp3) is 0.455. The molecule has 0 unspecified atom stereocenters. The maximum atomic E-state index is 12.3. The molecule has 1 aromatic heterocycles. The molecule has 5 N–H and O–H groups in total. The van der Waals surface area contributed by atoms with Gasteiger partial charge in [-0.2, -0.15) is 0 Å². The van der Waals surface area contributed by atoms with Gasteiger partial charge in [-0.15, -0.1) is 0 Å². The molecule has 0 aliphatic rings. The van der Waals surface area contributed by atoms with Gasteiger partial charge in [0.2, 0.25) is 0 Å². The highest BCUT2D eigenvalue weighted by atomic mass is 35.5. The number of nitrogens with two attached hydrogens (primary N) is 2. The van der Waals surface area contributed by atoms with Gasteiger partial charge in [-0.05, 0) is 24.8 Å². The van der Waals surface area contributed by atoms with Gasteiger partial charge in [-0.1, -0.05) is 41.9 Å². The SMILES string of the molecule is C[N+](C)(CCCCC(=O)CCc1ccccc1)CCNC(=O)c1nc(Cl)c(N)nc1N. The van der Waals surface area contributed by atoms with Crippen LogP contribution in [0.1, 0.15) is 41.7 Å². The standard InChI is InChI=1S/C22H31ClN6O2/c1-29(2,14-7-6-10-17(30)12-11-16-8-4-3-5-9-16)15-13-26-22(31)18-20(24)28-21(25)19(23)27-18/h3-5,8-9H,6-7,10-15H2,1-2H3,(H4-,24,25,26,28,31)/p+1. The zero-order chi connectivity index (χ0) is 22.9. The summed E-state index contributed by atoms with van der Waals surface area (Å²) in [4.78, 5) is 32.1. The van der Waals surface area contributed by atoms with Crippen molar-refractivity contribution in [2.45, 2.75) is 32.1 Å². The summed E-state index contributed by atoms with van der Waals surface area (Å²) >= 11 is 5.82. The Bertz CT molecular complexity index is 889. The third kappa shape index (κ3) is 8.51. The molecule has 0 aliphatic carbocycles. The highest BCUT2D eigenvalue weighted by Crippen LogP contribution is 2.17. The summed E-state index contributed by atoms with van der Waals surface area (Å²) in [6, 6.07) is 10.1. The molecule has 0 radical (unpaired) electrons. The zero-order valence-corrected chi connectivity index (χ0v) is 19.0. The normalized spacial score (nSPS) is 11.3. The van der Waals surface area contributed by atoms with Gasteiger partial charge in [0.05, 0.1) is 33.7 Å². The maximum Gasteiger partial charge on any atom is 0.273 e. The van der Waals surface area contributed by atoms with Crippen LogP contribution in [-0.4, -0.2) is 59.9 Å². The molecule has 168 valence electrons. The molecular formula is C22H32ClN6O2+. The molecule has 2 rings (SSSR count). The van der Waals surface area contributed by atoms with Crippen molar-refractivity contribution < 1.29 is 14.1 Å². The lowest BCUT2D eigenvalue weighted by Gasteiger charge is -2.29. The van der Waals surface area contributed by atoms with Gasteiger partial charge < -0.3 is 21.3 Å². The number of hydrogen-bond donors (Lipinski definition) is 3. The van der Waals surface area contributed by atoms with Crippen molar-refractivity contribution in [1.82, 2.24) is 15.3 Å². The van der Waals surface area contributed by atoms with E-state index in [4.69, 9.17) is 23.1 Å². The van der Waals surface area contributed by atoms with Gasteiger partial charge in [0, 0.05) is 12.8 Å². The first-order valence-electron chi connectivity index (χ1n) is 10.4. The quantitative estimate of drug-likeness (QED) is 0.339. The van der Waals surface area contributed by atoms with Crippen LogP contribution in [0.15, 0.2) is 30.3 Å². The average Bonchev–Trinajstić information content (AvgIpc) is 2.73. The molecular weight excluding hydrogens is 416 g/mol. The molecule has 0 spiro atoms. The van der Waals surface area contributed by atoms with Gasteiger partial charge in [-0.3, -0.25) is 9.59 Å². The van der Waals surface area contributed by atoms with E-state index >= 15 is 0 Å². The Balaban J connectivity index is 1.64. The summed E-state index contributed by atoms with van der Waals surface area (Å²) in [5, 5.41) is 2.75. The molecule has 0 saturated heterocycles. The fourth-order valence-corrected chi connectivity index (χ4v) is 3.32. The first-order chi connectivity index (χ1) is 14.7. The highest BCUT2D eigenvalue weighted by molar-refractivity contribution is 6.31. The van der Waals surface area contributed by atoms with Gasteiger partial charge in [-0.25, -0.2) is 9.97 Å². The van der Waals surface area contributed by atoms with Crippen molar-refractivity contribution in [2.24, 2.45) is 0 Å². The minimum atomic E-state index is -0.434. The van der Waals surface area contributed by atoms with Crippen LogP contribution in [0.2, 0.25) is 5.15 Å². The van der Waals surface area contributed by atoms with Crippen molar-refractivity contribution in [1.29, 1.82) is 0 Å². The molecule has 31 heavy (non-hydrogen) atoms. The van der Waals surface area contributed by atoms with Crippen molar-refractivity contribution in [3.05, 3.63) is 46.7 Å². The third-order valence-electron chi connectivity index (χ3n) is 5.13. The second-order valence-electron chi connectivity index (χ2n) is 8.25. The van der Waals surface area contributed by atoms with Crippen molar-refractivity contribution in [2.75, 3.05) is 45.2 Å². The summed E-state index contributed by atoms with van der Waals surface area (Å²) in [6.07, 6.45) is 3.83. The third-order valence-corrected chi connectivity index (χ3v) is 5.41. The minimum Gasteiger partial charge on any atom is -0.382 e. The fourth-order valence-electron chi connectivity index (χ4n) is 3.19. The van der Waals surface area contributed by atoms with Crippen molar-refractivity contribution >= 4 is 34.9 Å². The molecule has 1 heterocycles. The number of ketones is 1. The predicted octanol–water partition coefficient (Wildman–Crippen LogP) is 2.47. The smallest absolute Gasteiger partial charge is 0.273 e. The summed E-state index contributed by atoms with van der Waals surface area (Å²) in [5.41, 5.74) is 12.4. The summed E-state index contributed by atoms with van der Waals surface area (Å²) in [6.45, 7) is 2.09. The highest BCUT2D eigenvalue weighted by Gasteiger charge is 2.18. The van der Waals surface area contributed by atoms with Crippen LogP contribution in [0.4, 0.5) is 11.6 Å². The Labute approximate surface area is 188 Å². The van der Waals surface area contributed by atoms with Gasteiger partial charge >= 0.3 is 0 Å². The van der Waals surface area contributed by atoms with E-state index in [0.717, 1.165) is 36.8 Å². The van der Waals surface area contributed by atoms with Gasteiger partial charge in [0.1, 0.15) is 5.78 Å². The average molecular weight is 448 g/mol. The van der Waals surface area contributed by atoms with Gasteiger partial charge in [0.25, 0.3) is 5.91 Å². The number of aromatic nitrogens is 2. The number of nitrogens with one attached hydrogen (secondary N) is 1. The van der Waals surface area contributed by atoms with E-state index in [1.165, 1.54) is 5.56 Å². The van der Waals surface area contributed by atoms with Crippen LogP contribution in [0.3, 0.4) is 0 Å². The second-order valence-corrected chi connectivity index (χ2v) is 8.61. The van der Waals surface area contributed by atoms with Crippen molar-refractivity contribution in [3.8, 4) is 0 Å². The Morgan fingerprint density at radius 1 is 1.00 bits per heavy atom. The largest absolute Gasteiger partial charge is 0.382 e. The van der Waals surface area contributed by atoms with Crippen molar-refractivity contribution in [3.63, 3.8) is 0 Å². The molecule has 1 amide bonds. The first-order valence-corrected chi connectivity index (χ1v) is 10.8. The lowest BCUT2D eigenvalue weighted by atomic mass is 10.0. The lowest BCUT2D eigenvalue weighted by Crippen LogP contribution is -2.46. The van der Waals surface area contributed by atoms with Crippen LogP contribution in [0.25, 0.3) is 0 Å². The molecule has 0 fully saturated rings. The number of carbonyl (C=O) groups is 2. The Kier molecular flexibility index (Phi) is 9.21. The van der Waals surface area contributed by atoms with Crippen LogP contribution >= 0.6 is 11.6 Å². The number of hydrogen-bond acceptors (Lipinski definition) is 6. The molecule has 0 atom stereocenters. The summed E-state index contributed by atoms with van der Waals surface area (Å²) in [5.74, 6) is -0.185. The number of unbranched alkanes of at least 4 members (excludes halogenated alkanes) is 1. The molecule has 0 saturated carbocycles. The number of halogens is 1. The Hall–Kier alpha value is -2.71. The number of anilines is 2.